The number of nitrogens with zero attached hydrogens (tertiary/aromatic N) is 2. The van der Waals surface area contributed by atoms with Crippen LogP contribution in [-0.4, -0.2) is 34.7 Å². The van der Waals surface area contributed by atoms with Crippen LogP contribution < -0.4 is 0 Å². The summed E-state index contributed by atoms with van der Waals surface area (Å²) in [6.07, 6.45) is -0.153. The van der Waals surface area contributed by atoms with Crippen LogP contribution in [-0.2, 0) is 0 Å². The van der Waals surface area contributed by atoms with Gasteiger partial charge >= 0.3 is 0 Å². The van der Waals surface area contributed by atoms with E-state index < -0.39 is 6.10 Å². The van der Waals surface area contributed by atoms with Gasteiger partial charge in [-0.25, -0.2) is 4.39 Å². The first-order valence-electron chi connectivity index (χ1n) is 7.14. The summed E-state index contributed by atoms with van der Waals surface area (Å²) < 4.78 is 18.2. The zero-order valence-corrected chi connectivity index (χ0v) is 12.8. The summed E-state index contributed by atoms with van der Waals surface area (Å²) in [5, 5.41) is 13.7. The quantitative estimate of drug-likeness (QED) is 0.922. The summed E-state index contributed by atoms with van der Waals surface area (Å²) in [7, 11) is 1.68. The van der Waals surface area contributed by atoms with Crippen molar-refractivity contribution in [3.05, 3.63) is 41.4 Å². The number of rotatable bonds is 5. The van der Waals surface area contributed by atoms with Gasteiger partial charge in [0, 0.05) is 19.2 Å². The molecule has 1 N–H and O–H groups in total. The first-order chi connectivity index (χ1) is 10.5. The third-order valence-corrected chi connectivity index (χ3v) is 3.34. The number of carbonyl (C=O) groups is 1. The second-order valence-corrected chi connectivity index (χ2v) is 5.18. The van der Waals surface area contributed by atoms with Gasteiger partial charge in [-0.3, -0.25) is 4.79 Å². The molecule has 1 unspecified atom stereocenters. The van der Waals surface area contributed by atoms with Gasteiger partial charge in [0.25, 0.3) is 5.91 Å². The van der Waals surface area contributed by atoms with Crippen molar-refractivity contribution in [1.82, 2.24) is 10.1 Å². The molecule has 2 aromatic rings. The number of carbonyl (C=O) groups excluding carboxylic acids is 1. The Morgan fingerprint density at radius 3 is 2.59 bits per heavy atom. The van der Waals surface area contributed by atoms with Crippen LogP contribution in [0.2, 0.25) is 0 Å². The Kier molecular flexibility index (Phi) is 4.92. The maximum absolute atomic E-state index is 13.1. The molecule has 0 aliphatic rings. The van der Waals surface area contributed by atoms with E-state index in [4.69, 9.17) is 4.52 Å². The van der Waals surface area contributed by atoms with Crippen LogP contribution in [0, 0.1) is 5.82 Å². The average molecular weight is 306 g/mol. The van der Waals surface area contributed by atoms with E-state index in [9.17, 15) is 14.3 Å². The third-order valence-electron chi connectivity index (χ3n) is 3.34. The Morgan fingerprint density at radius 1 is 1.41 bits per heavy atom. The molecule has 1 atom stereocenters. The number of amides is 1. The van der Waals surface area contributed by atoms with Gasteiger partial charge in [0.1, 0.15) is 23.2 Å². The molecule has 6 heteroatoms. The maximum Gasteiger partial charge on any atom is 0.259 e. The van der Waals surface area contributed by atoms with Crippen molar-refractivity contribution in [1.29, 1.82) is 0 Å². The molecule has 0 radical (unpaired) electrons. The topological polar surface area (TPSA) is 66.6 Å². The van der Waals surface area contributed by atoms with Crippen LogP contribution in [0.25, 0.3) is 11.3 Å². The Morgan fingerprint density at radius 2 is 2.05 bits per heavy atom. The lowest BCUT2D eigenvalue weighted by Crippen LogP contribution is -2.28. The van der Waals surface area contributed by atoms with Gasteiger partial charge in [-0.15, -0.1) is 0 Å². The van der Waals surface area contributed by atoms with Crippen molar-refractivity contribution in [2.75, 3.05) is 13.6 Å². The summed E-state index contributed by atoms with van der Waals surface area (Å²) in [6.45, 7) is 4.05. The molecule has 1 heterocycles. The summed E-state index contributed by atoms with van der Waals surface area (Å²) in [4.78, 5) is 14.2. The Hall–Kier alpha value is -2.21. The molecule has 0 aliphatic heterocycles. The van der Waals surface area contributed by atoms with Gasteiger partial charge in [0.15, 0.2) is 5.76 Å². The summed E-state index contributed by atoms with van der Waals surface area (Å²) in [5.41, 5.74) is 1.09. The van der Waals surface area contributed by atoms with Crippen LogP contribution in [0.1, 0.15) is 42.5 Å². The molecule has 5 nitrogen and oxygen atoms in total. The lowest BCUT2D eigenvalue weighted by Gasteiger charge is -2.16. The maximum atomic E-state index is 13.1. The molecule has 0 saturated carbocycles. The smallest absolute Gasteiger partial charge is 0.259 e. The predicted octanol–water partition coefficient (Wildman–Crippen LogP) is 3.02. The second-order valence-electron chi connectivity index (χ2n) is 5.18. The van der Waals surface area contributed by atoms with E-state index >= 15 is 0 Å². The Bertz CT molecular complexity index is 650. The van der Waals surface area contributed by atoms with Gasteiger partial charge in [-0.1, -0.05) is 12.1 Å². The Balaban J connectivity index is 2.51. The highest BCUT2D eigenvalue weighted by molar-refractivity contribution is 6.00. The number of hydrogen-bond acceptors (Lipinski definition) is 4. The number of hydrogen-bond donors (Lipinski definition) is 1. The SMILES string of the molecule is CCCN(C)C(=O)c1c(-c2ccc(F)cc2)noc1C(C)O. The number of aromatic nitrogens is 1. The second kappa shape index (κ2) is 6.70. The highest BCUT2D eigenvalue weighted by atomic mass is 19.1. The molecule has 1 aromatic heterocycles. The fourth-order valence-corrected chi connectivity index (χ4v) is 2.23. The zero-order valence-electron chi connectivity index (χ0n) is 12.8. The largest absolute Gasteiger partial charge is 0.385 e. The summed E-state index contributed by atoms with van der Waals surface area (Å²) in [5.74, 6) is -0.537. The van der Waals surface area contributed by atoms with E-state index in [1.165, 1.54) is 31.2 Å². The number of aliphatic hydroxyl groups excluding tert-OH is 1. The number of halogens is 1. The fourth-order valence-electron chi connectivity index (χ4n) is 2.23. The van der Waals surface area contributed by atoms with E-state index in [2.05, 4.69) is 5.16 Å². The van der Waals surface area contributed by atoms with E-state index in [1.54, 1.807) is 11.9 Å². The summed E-state index contributed by atoms with van der Waals surface area (Å²) in [6, 6.07) is 5.62. The van der Waals surface area contributed by atoms with E-state index in [0.29, 0.717) is 17.8 Å². The molecule has 0 aliphatic carbocycles. The van der Waals surface area contributed by atoms with E-state index in [0.717, 1.165) is 6.42 Å². The van der Waals surface area contributed by atoms with Gasteiger partial charge in [-0.05, 0) is 37.6 Å². The van der Waals surface area contributed by atoms with Crippen LogP contribution in [0.4, 0.5) is 4.39 Å². The van der Waals surface area contributed by atoms with Crippen molar-refractivity contribution in [2.45, 2.75) is 26.4 Å². The molecule has 0 bridgehead atoms. The molecular formula is C16H19FN2O3. The van der Waals surface area contributed by atoms with Gasteiger partial charge < -0.3 is 14.5 Å². The molecule has 22 heavy (non-hydrogen) atoms. The molecule has 0 spiro atoms. The highest BCUT2D eigenvalue weighted by Crippen LogP contribution is 2.30. The van der Waals surface area contributed by atoms with Gasteiger partial charge in [-0.2, -0.15) is 0 Å². The highest BCUT2D eigenvalue weighted by Gasteiger charge is 2.28. The van der Waals surface area contributed by atoms with E-state index in [-0.39, 0.29) is 23.0 Å². The number of aliphatic hydroxyl groups is 1. The molecule has 0 fully saturated rings. The molecular weight excluding hydrogens is 287 g/mol. The minimum atomic E-state index is -0.962. The lowest BCUT2D eigenvalue weighted by atomic mass is 10.0. The predicted molar refractivity (Wildman–Crippen MR) is 79.8 cm³/mol. The average Bonchev–Trinajstić information content (AvgIpc) is 2.92. The fraction of sp³-hybridized carbons (Fsp3) is 0.375. The third kappa shape index (κ3) is 3.17. The van der Waals surface area contributed by atoms with E-state index in [1.807, 2.05) is 6.92 Å². The molecule has 1 amide bonds. The van der Waals surface area contributed by atoms with Crippen molar-refractivity contribution >= 4 is 5.91 Å². The zero-order chi connectivity index (χ0) is 16.3. The van der Waals surface area contributed by atoms with Crippen LogP contribution >= 0.6 is 0 Å². The minimum absolute atomic E-state index is 0.118. The van der Waals surface area contributed by atoms with Crippen molar-refractivity contribution in [2.24, 2.45) is 0 Å². The summed E-state index contributed by atoms with van der Waals surface area (Å²) >= 11 is 0. The van der Waals surface area contributed by atoms with Crippen LogP contribution in [0.5, 0.6) is 0 Å². The van der Waals surface area contributed by atoms with Crippen LogP contribution in [0.3, 0.4) is 0 Å². The first kappa shape index (κ1) is 16.2. The standard InChI is InChI=1S/C16H19FN2O3/c1-4-9-19(3)16(21)13-14(18-22-15(13)10(2)20)11-5-7-12(17)8-6-11/h5-8,10,20H,4,9H2,1-3H3. The Labute approximate surface area is 128 Å². The monoisotopic (exact) mass is 306 g/mol. The number of benzene rings is 1. The molecule has 0 saturated heterocycles. The van der Waals surface area contributed by atoms with Gasteiger partial charge in [0.2, 0.25) is 0 Å². The first-order valence-corrected chi connectivity index (χ1v) is 7.14. The molecule has 1 aromatic carbocycles. The lowest BCUT2D eigenvalue weighted by molar-refractivity contribution is 0.0783. The van der Waals surface area contributed by atoms with Crippen LogP contribution in [0.15, 0.2) is 28.8 Å². The van der Waals surface area contributed by atoms with Crippen molar-refractivity contribution in [3.63, 3.8) is 0 Å². The van der Waals surface area contributed by atoms with Gasteiger partial charge in [0.05, 0.1) is 0 Å². The van der Waals surface area contributed by atoms with Crippen molar-refractivity contribution in [3.8, 4) is 11.3 Å². The van der Waals surface area contributed by atoms with Crippen molar-refractivity contribution < 1.29 is 18.8 Å². The minimum Gasteiger partial charge on any atom is -0.385 e. The molecule has 118 valence electrons. The molecule has 2 rings (SSSR count). The normalized spacial score (nSPS) is 12.2.